The van der Waals surface area contributed by atoms with Gasteiger partial charge in [-0.3, -0.25) is 15.0 Å². The van der Waals surface area contributed by atoms with Crippen molar-refractivity contribution < 1.29 is 19.1 Å². The first-order chi connectivity index (χ1) is 13.9. The van der Waals surface area contributed by atoms with E-state index in [9.17, 15) is 14.4 Å². The van der Waals surface area contributed by atoms with E-state index in [0.717, 1.165) is 16.8 Å². The average Bonchev–Trinajstić information content (AvgIpc) is 3.24. The van der Waals surface area contributed by atoms with E-state index in [1.54, 1.807) is 31.2 Å². The Bertz CT molecular complexity index is 905. The lowest BCUT2D eigenvalue weighted by Crippen LogP contribution is -2.49. The van der Waals surface area contributed by atoms with Gasteiger partial charge in [0.25, 0.3) is 11.1 Å². The highest BCUT2D eigenvalue weighted by molar-refractivity contribution is 8.01. The molecule has 11 heteroatoms. The van der Waals surface area contributed by atoms with E-state index in [0.29, 0.717) is 21.5 Å². The molecule has 4 amide bonds. The van der Waals surface area contributed by atoms with Gasteiger partial charge in [0.05, 0.1) is 11.9 Å². The van der Waals surface area contributed by atoms with Crippen molar-refractivity contribution in [2.24, 2.45) is 0 Å². The second-order valence-corrected chi connectivity index (χ2v) is 8.68. The molecule has 154 valence electrons. The lowest BCUT2D eigenvalue weighted by molar-refractivity contribution is -0.138. The molecule has 29 heavy (non-hydrogen) atoms. The molecule has 0 saturated carbocycles. The second kappa shape index (κ2) is 8.78. The van der Waals surface area contributed by atoms with Crippen molar-refractivity contribution in [3.05, 3.63) is 35.9 Å². The zero-order valence-corrected chi connectivity index (χ0v) is 17.8. The molecule has 1 fully saturated rings. The van der Waals surface area contributed by atoms with Crippen molar-refractivity contribution in [3.63, 3.8) is 0 Å². The van der Waals surface area contributed by atoms with Crippen LogP contribution in [-0.4, -0.2) is 44.9 Å². The number of urea groups is 1. The summed E-state index contributed by atoms with van der Waals surface area (Å²) in [5, 5.41) is 11.7. The average molecular weight is 436 g/mol. The number of carbonyl (C=O) groups excluding carboxylic acids is 3. The molecule has 0 spiro atoms. The molecule has 9 nitrogen and oxygen atoms in total. The third-order valence-corrected chi connectivity index (χ3v) is 6.12. The van der Waals surface area contributed by atoms with Gasteiger partial charge < -0.3 is 10.1 Å². The zero-order valence-electron chi connectivity index (χ0n) is 16.2. The summed E-state index contributed by atoms with van der Waals surface area (Å²) in [7, 11) is 0. The van der Waals surface area contributed by atoms with E-state index < -0.39 is 23.4 Å². The minimum atomic E-state index is -1.19. The van der Waals surface area contributed by atoms with Crippen molar-refractivity contribution in [2.75, 3.05) is 5.75 Å². The summed E-state index contributed by atoms with van der Waals surface area (Å²) in [5.41, 5.74) is 1.86. The van der Waals surface area contributed by atoms with Crippen molar-refractivity contribution in [1.29, 1.82) is 0 Å². The fourth-order valence-electron chi connectivity index (χ4n) is 2.83. The molecule has 1 aromatic heterocycles. The molecule has 2 aromatic rings. The van der Waals surface area contributed by atoms with E-state index in [2.05, 4.69) is 20.9 Å². The maximum atomic E-state index is 13.0. The lowest BCUT2D eigenvalue weighted by atomic mass is 9.87. The number of imide groups is 1. The molecular weight excluding hydrogens is 414 g/mol. The maximum absolute atomic E-state index is 13.0. The molecule has 0 aliphatic carbocycles. The van der Waals surface area contributed by atoms with E-state index >= 15 is 0 Å². The van der Waals surface area contributed by atoms with Crippen LogP contribution in [0.15, 0.2) is 34.7 Å². The first kappa shape index (κ1) is 21.1. The number of hydrazine groups is 1. The first-order valence-electron chi connectivity index (χ1n) is 9.00. The Balaban J connectivity index is 1.62. The normalized spacial score (nSPS) is 18.8. The van der Waals surface area contributed by atoms with Crippen LogP contribution in [0.25, 0.3) is 0 Å². The molecule has 1 aliphatic heterocycles. The largest absolute Gasteiger partial charge is 0.466 e. The number of hydrogen-bond acceptors (Lipinski definition) is 8. The van der Waals surface area contributed by atoms with Gasteiger partial charge in [0.2, 0.25) is 5.91 Å². The number of ether oxygens (including phenoxy) is 1. The van der Waals surface area contributed by atoms with Gasteiger partial charge in [-0.05, 0) is 37.2 Å². The van der Waals surface area contributed by atoms with Crippen molar-refractivity contribution in [3.8, 4) is 5.19 Å². The van der Waals surface area contributed by atoms with Gasteiger partial charge >= 0.3 is 6.03 Å². The number of nitrogens with one attached hydrogen (secondary N) is 2. The van der Waals surface area contributed by atoms with Gasteiger partial charge in [0.15, 0.2) is 4.34 Å². The summed E-state index contributed by atoms with van der Waals surface area (Å²) < 4.78 is 6.00. The molecule has 1 unspecified atom stereocenters. The summed E-state index contributed by atoms with van der Waals surface area (Å²) in [4.78, 5) is 37.7. The minimum absolute atomic E-state index is 0.0211. The van der Waals surface area contributed by atoms with Crippen LogP contribution in [-0.2, 0) is 15.1 Å². The van der Waals surface area contributed by atoms with Crippen LogP contribution in [0.2, 0.25) is 0 Å². The van der Waals surface area contributed by atoms with Crippen LogP contribution < -0.4 is 15.5 Å². The monoisotopic (exact) mass is 435 g/mol. The first-order valence-corrected chi connectivity index (χ1v) is 10.8. The minimum Gasteiger partial charge on any atom is -0.466 e. The van der Waals surface area contributed by atoms with Gasteiger partial charge in [-0.1, -0.05) is 54.1 Å². The Morgan fingerprint density at radius 3 is 2.69 bits per heavy atom. The van der Waals surface area contributed by atoms with Gasteiger partial charge in [-0.25, -0.2) is 4.79 Å². The SMILES string of the molecule is CCC1(c2ccccc2)NC(=O)N(NC(=O)CSc2nnc(OC(C)C)s2)C1=O. The Labute approximate surface area is 176 Å². The highest BCUT2D eigenvalue weighted by Crippen LogP contribution is 2.32. The van der Waals surface area contributed by atoms with Crippen molar-refractivity contribution in [1.82, 2.24) is 25.9 Å². The van der Waals surface area contributed by atoms with Gasteiger partial charge in [0, 0.05) is 0 Å². The molecule has 0 radical (unpaired) electrons. The number of nitrogens with zero attached hydrogens (tertiary/aromatic N) is 3. The van der Waals surface area contributed by atoms with Crippen molar-refractivity contribution in [2.45, 2.75) is 43.2 Å². The van der Waals surface area contributed by atoms with Gasteiger partial charge in [-0.2, -0.15) is 5.01 Å². The fraction of sp³-hybridized carbons (Fsp3) is 0.389. The number of thioether (sulfide) groups is 1. The van der Waals surface area contributed by atoms with Crippen LogP contribution in [0, 0.1) is 0 Å². The van der Waals surface area contributed by atoms with Crippen LogP contribution >= 0.6 is 23.1 Å². The molecule has 1 saturated heterocycles. The molecule has 1 aliphatic rings. The Kier molecular flexibility index (Phi) is 6.38. The number of rotatable bonds is 8. The number of amides is 4. The topological polar surface area (TPSA) is 114 Å². The van der Waals surface area contributed by atoms with Gasteiger partial charge in [-0.15, -0.1) is 5.10 Å². The number of benzene rings is 1. The number of hydrogen-bond donors (Lipinski definition) is 2. The molecule has 2 heterocycles. The van der Waals surface area contributed by atoms with Crippen LogP contribution in [0.3, 0.4) is 0 Å². The predicted molar refractivity (Wildman–Crippen MR) is 108 cm³/mol. The molecule has 1 aromatic carbocycles. The van der Waals surface area contributed by atoms with Crippen LogP contribution in [0.1, 0.15) is 32.8 Å². The predicted octanol–water partition coefficient (Wildman–Crippen LogP) is 2.31. The highest BCUT2D eigenvalue weighted by atomic mass is 32.2. The standard InChI is InChI=1S/C18H21N5O4S2/c1-4-18(12-8-6-5-7-9-12)14(25)23(15(26)19-18)22-13(24)10-28-17-21-20-16(29-17)27-11(2)3/h5-9,11H,4,10H2,1-3H3,(H,19,26)(H,22,24). The van der Waals surface area contributed by atoms with Crippen molar-refractivity contribution >= 4 is 40.9 Å². The maximum Gasteiger partial charge on any atom is 0.344 e. The van der Waals surface area contributed by atoms with Crippen LogP contribution in [0.5, 0.6) is 5.19 Å². The third kappa shape index (κ3) is 4.51. The molecule has 1 atom stereocenters. The Morgan fingerprint density at radius 1 is 1.31 bits per heavy atom. The van der Waals surface area contributed by atoms with Crippen LogP contribution in [0.4, 0.5) is 4.79 Å². The molecular formula is C18H21N5O4S2. The third-order valence-electron chi connectivity index (χ3n) is 4.18. The van der Waals surface area contributed by atoms with E-state index in [-0.39, 0.29) is 11.9 Å². The van der Waals surface area contributed by atoms with E-state index in [4.69, 9.17) is 4.74 Å². The second-order valence-electron chi connectivity index (χ2n) is 6.52. The van der Waals surface area contributed by atoms with Gasteiger partial charge in [0.1, 0.15) is 5.54 Å². The molecule has 0 bridgehead atoms. The number of aromatic nitrogens is 2. The smallest absolute Gasteiger partial charge is 0.344 e. The summed E-state index contributed by atoms with van der Waals surface area (Å²) in [6.07, 6.45) is 0.332. The summed E-state index contributed by atoms with van der Waals surface area (Å²) in [6.45, 7) is 5.57. The van der Waals surface area contributed by atoms with E-state index in [1.807, 2.05) is 19.9 Å². The van der Waals surface area contributed by atoms with E-state index in [1.165, 1.54) is 11.3 Å². The lowest BCUT2D eigenvalue weighted by Gasteiger charge is -2.25. The molecule has 3 rings (SSSR count). The summed E-state index contributed by atoms with van der Waals surface area (Å²) in [5.74, 6) is -1.05. The highest BCUT2D eigenvalue weighted by Gasteiger charge is 2.52. The summed E-state index contributed by atoms with van der Waals surface area (Å²) in [6, 6.07) is 8.30. The number of carbonyl (C=O) groups is 3. The molecule has 2 N–H and O–H groups in total. The Hall–Kier alpha value is -2.66. The fourth-order valence-corrected chi connectivity index (χ4v) is 4.42. The quantitative estimate of drug-likeness (QED) is 0.483. The zero-order chi connectivity index (χ0) is 21.0. The Morgan fingerprint density at radius 2 is 2.03 bits per heavy atom. The summed E-state index contributed by atoms with van der Waals surface area (Å²) >= 11 is 2.37.